The molecule has 0 saturated carbocycles. The van der Waals surface area contributed by atoms with E-state index in [0.29, 0.717) is 79.0 Å². The molecule has 16 nitrogen and oxygen atoms in total. The number of piperidine rings is 2. The molecular weight excluding hydrogens is 831 g/mol. The zero-order valence-corrected chi connectivity index (χ0v) is 36.5. The number of carbonyl (C=O) groups is 4. The number of halogens is 2. The van der Waals surface area contributed by atoms with Gasteiger partial charge in [-0.1, -0.05) is 11.6 Å². The van der Waals surface area contributed by atoms with Crippen LogP contribution in [0.4, 0.5) is 27.5 Å². The maximum Gasteiger partial charge on any atom is 0.293 e. The molecule has 5 aliphatic rings. The van der Waals surface area contributed by atoms with E-state index in [9.17, 15) is 24.0 Å². The molecule has 7 heterocycles. The van der Waals surface area contributed by atoms with Crippen molar-refractivity contribution in [2.24, 2.45) is 5.41 Å². The number of nitrogens with one attached hydrogen (secondary N) is 3. The summed E-state index contributed by atoms with van der Waals surface area (Å²) >= 11 is 6.59. The summed E-state index contributed by atoms with van der Waals surface area (Å²) in [6.07, 6.45) is 4.78. The first-order chi connectivity index (χ1) is 30.2. The highest BCUT2D eigenvalue weighted by Gasteiger charge is 2.47. The van der Waals surface area contributed by atoms with E-state index in [0.717, 1.165) is 55.7 Å². The summed E-state index contributed by atoms with van der Waals surface area (Å²) in [6.45, 7) is 8.55. The SMILES string of the molecule is CNC(=O)COc1cc2cc(Nc3nc(N4CCC(F)(CN5CCC6(CCN(c7ccc8c(c7)CN(C7CCC(=O)NC7=O)C8=O)C6)C5)CC4)ncc3Cl)ccc2n(C(C)C)c1=O. The quantitative estimate of drug-likeness (QED) is 0.180. The van der Waals surface area contributed by atoms with Gasteiger partial charge in [0.1, 0.15) is 16.7 Å². The fraction of sp³-hybridized carbons (Fsp3) is 0.489. The van der Waals surface area contributed by atoms with Crippen LogP contribution < -0.4 is 36.0 Å². The minimum atomic E-state index is -1.35. The molecule has 2 atom stereocenters. The van der Waals surface area contributed by atoms with Crippen LogP contribution in [0.2, 0.25) is 5.02 Å². The fourth-order valence-electron chi connectivity index (χ4n) is 10.0. The second kappa shape index (κ2) is 16.7. The standard InChI is InChI=1S/C45H52ClFN10O6/c1-27(2)57-34-7-4-30(18-28(34)20-36(42(57)62)63-23-38(59)48-3)50-39-33(46)21-49-43(52-39)54-16-12-45(47,13-17-54)26-53-14-10-44(24-53)11-15-55(25-44)31-5-6-32-29(19-31)22-56(41(32)61)35-8-9-37(58)51-40(35)60/h4-7,18-21,27,35H,8-17,22-26H2,1-3H3,(H,48,59)(H,49,50,52)(H,51,58,60). The Bertz CT molecular complexity index is 2560. The van der Waals surface area contributed by atoms with Crippen LogP contribution in [-0.4, -0.2) is 119 Å². The number of anilines is 4. The Kier molecular flexibility index (Phi) is 11.3. The number of pyridine rings is 1. The number of nitrogens with zero attached hydrogens (tertiary/aromatic N) is 7. The first-order valence-electron chi connectivity index (χ1n) is 21.7. The van der Waals surface area contributed by atoms with E-state index >= 15 is 4.39 Å². The minimum Gasteiger partial charge on any atom is -0.478 e. The van der Waals surface area contributed by atoms with Crippen LogP contribution >= 0.6 is 11.6 Å². The van der Waals surface area contributed by atoms with E-state index in [1.807, 2.05) is 49.1 Å². The second-order valence-corrected chi connectivity index (χ2v) is 18.4. The molecule has 4 saturated heterocycles. The van der Waals surface area contributed by atoms with Crippen molar-refractivity contribution in [3.8, 4) is 5.75 Å². The van der Waals surface area contributed by atoms with Gasteiger partial charge in [0.15, 0.2) is 18.2 Å². The molecule has 1 spiro atoms. The molecule has 63 heavy (non-hydrogen) atoms. The molecule has 2 aromatic heterocycles. The predicted molar refractivity (Wildman–Crippen MR) is 237 cm³/mol. The topological polar surface area (TPSA) is 174 Å². The normalized spacial score (nSPS) is 22.3. The van der Waals surface area contributed by atoms with Crippen LogP contribution in [-0.2, 0) is 20.9 Å². The maximum atomic E-state index is 16.6. The van der Waals surface area contributed by atoms with Crippen molar-refractivity contribution in [1.29, 1.82) is 0 Å². The van der Waals surface area contributed by atoms with E-state index in [1.165, 1.54) is 7.05 Å². The number of fused-ring (bicyclic) bond motifs is 2. The molecule has 0 radical (unpaired) electrons. The summed E-state index contributed by atoms with van der Waals surface area (Å²) in [6, 6.07) is 12.3. The van der Waals surface area contributed by atoms with Crippen molar-refractivity contribution in [2.45, 2.75) is 76.7 Å². The average Bonchev–Trinajstić information content (AvgIpc) is 3.96. The molecule has 2 aromatic carbocycles. The number of carbonyl (C=O) groups excluding carboxylic acids is 4. The van der Waals surface area contributed by atoms with Crippen molar-refractivity contribution >= 4 is 69.3 Å². The summed E-state index contributed by atoms with van der Waals surface area (Å²) in [7, 11) is 1.50. The van der Waals surface area contributed by atoms with Crippen LogP contribution in [0.15, 0.2) is 53.5 Å². The molecule has 332 valence electrons. The number of imide groups is 1. The number of amides is 4. The van der Waals surface area contributed by atoms with Crippen molar-refractivity contribution in [2.75, 3.05) is 74.6 Å². The van der Waals surface area contributed by atoms with E-state index in [4.69, 9.17) is 21.3 Å². The van der Waals surface area contributed by atoms with Crippen molar-refractivity contribution < 1.29 is 28.3 Å². The summed E-state index contributed by atoms with van der Waals surface area (Å²) in [5.74, 6) is -0.329. The van der Waals surface area contributed by atoms with E-state index in [1.54, 1.807) is 21.7 Å². The Morgan fingerprint density at radius 1 is 1.00 bits per heavy atom. The third-order valence-electron chi connectivity index (χ3n) is 13.4. The first kappa shape index (κ1) is 42.5. The molecule has 0 aliphatic carbocycles. The van der Waals surface area contributed by atoms with Crippen LogP contribution in [0, 0.1) is 5.41 Å². The van der Waals surface area contributed by atoms with Gasteiger partial charge in [0.25, 0.3) is 17.4 Å². The Morgan fingerprint density at radius 2 is 1.78 bits per heavy atom. The highest BCUT2D eigenvalue weighted by atomic mass is 35.5. The molecule has 2 unspecified atom stereocenters. The lowest BCUT2D eigenvalue weighted by atomic mass is 9.86. The third kappa shape index (κ3) is 8.40. The monoisotopic (exact) mass is 882 g/mol. The van der Waals surface area contributed by atoms with Gasteiger partial charge >= 0.3 is 0 Å². The summed E-state index contributed by atoms with van der Waals surface area (Å²) in [5, 5.41) is 9.18. The van der Waals surface area contributed by atoms with Gasteiger partial charge in [-0.3, -0.25) is 34.2 Å². The number of rotatable bonds is 11. The lowest BCUT2D eigenvalue weighted by Crippen LogP contribution is -2.52. The minimum absolute atomic E-state index is 0.0631. The summed E-state index contributed by atoms with van der Waals surface area (Å²) < 4.78 is 23.9. The van der Waals surface area contributed by atoms with Gasteiger partial charge in [0, 0.05) is 106 Å². The molecule has 9 rings (SSSR count). The van der Waals surface area contributed by atoms with Crippen LogP contribution in [0.1, 0.15) is 74.3 Å². The van der Waals surface area contributed by atoms with Crippen molar-refractivity contribution in [3.63, 3.8) is 0 Å². The van der Waals surface area contributed by atoms with Crippen LogP contribution in [0.5, 0.6) is 5.75 Å². The highest BCUT2D eigenvalue weighted by Crippen LogP contribution is 2.43. The molecule has 4 aromatic rings. The molecular formula is C45H52ClFN10O6. The lowest BCUT2D eigenvalue weighted by molar-refractivity contribution is -0.137. The zero-order chi connectivity index (χ0) is 44.2. The van der Waals surface area contributed by atoms with Gasteiger partial charge in [-0.2, -0.15) is 4.98 Å². The van der Waals surface area contributed by atoms with Gasteiger partial charge in [-0.25, -0.2) is 9.37 Å². The number of aromatic nitrogens is 3. The molecule has 0 bridgehead atoms. The van der Waals surface area contributed by atoms with Gasteiger partial charge < -0.3 is 34.6 Å². The first-order valence-corrected chi connectivity index (χ1v) is 22.1. The number of hydrogen-bond donors (Lipinski definition) is 3. The van der Waals surface area contributed by atoms with Crippen molar-refractivity contribution in [1.82, 2.24) is 35.0 Å². The Hall–Kier alpha value is -5.81. The van der Waals surface area contributed by atoms with E-state index < -0.39 is 17.6 Å². The number of likely N-dealkylation sites (tertiary alicyclic amines) is 1. The summed E-state index contributed by atoms with van der Waals surface area (Å²) in [5.41, 5.74) is 2.31. The van der Waals surface area contributed by atoms with Gasteiger partial charge in [-0.05, 0) is 87.7 Å². The summed E-state index contributed by atoms with van der Waals surface area (Å²) in [4.78, 5) is 80.1. The van der Waals surface area contributed by atoms with Gasteiger partial charge in [0.05, 0.1) is 11.7 Å². The fourth-order valence-corrected chi connectivity index (χ4v) is 10.2. The molecule has 4 amide bonds. The average molecular weight is 883 g/mol. The number of likely N-dealkylation sites (N-methyl/N-ethyl adjacent to an activating group) is 1. The molecule has 4 fully saturated rings. The number of hydrogen-bond acceptors (Lipinski definition) is 12. The van der Waals surface area contributed by atoms with Gasteiger partial charge in [-0.15, -0.1) is 0 Å². The second-order valence-electron chi connectivity index (χ2n) is 18.0. The number of ether oxygens (including phenoxy) is 1. The lowest BCUT2D eigenvalue weighted by Gasteiger charge is -2.38. The Balaban J connectivity index is 0.803. The van der Waals surface area contributed by atoms with Crippen LogP contribution in [0.25, 0.3) is 10.9 Å². The highest BCUT2D eigenvalue weighted by molar-refractivity contribution is 6.33. The van der Waals surface area contributed by atoms with Crippen molar-refractivity contribution in [3.05, 3.63) is 75.2 Å². The predicted octanol–water partition coefficient (Wildman–Crippen LogP) is 4.57. The molecule has 18 heteroatoms. The smallest absolute Gasteiger partial charge is 0.293 e. The number of benzene rings is 2. The Morgan fingerprint density at radius 3 is 2.54 bits per heavy atom. The molecule has 3 N–H and O–H groups in total. The largest absolute Gasteiger partial charge is 0.478 e. The third-order valence-corrected chi connectivity index (χ3v) is 13.7. The zero-order valence-electron chi connectivity index (χ0n) is 35.7. The maximum absolute atomic E-state index is 16.6. The van der Waals surface area contributed by atoms with E-state index in [-0.39, 0.29) is 53.5 Å². The van der Waals surface area contributed by atoms with Gasteiger partial charge in [0.2, 0.25) is 17.8 Å². The van der Waals surface area contributed by atoms with E-state index in [2.05, 4.69) is 36.8 Å². The van der Waals surface area contributed by atoms with Crippen LogP contribution in [0.3, 0.4) is 0 Å². The Labute approximate surface area is 369 Å². The number of alkyl halides is 1. The molecule has 5 aliphatic heterocycles.